The van der Waals surface area contributed by atoms with Gasteiger partial charge in [0.1, 0.15) is 5.75 Å². The van der Waals surface area contributed by atoms with Gasteiger partial charge in [0, 0.05) is 0 Å². The molecule has 1 aromatic carbocycles. The normalized spacial score (nSPS) is 39.4. The van der Waals surface area contributed by atoms with Gasteiger partial charge < -0.3 is 5.11 Å². The number of hydrogen-bond donors (Lipinski definition) is 1. The van der Waals surface area contributed by atoms with Gasteiger partial charge in [-0.3, -0.25) is 14.4 Å². The van der Waals surface area contributed by atoms with E-state index >= 15 is 0 Å². The van der Waals surface area contributed by atoms with Crippen LogP contribution in [0.1, 0.15) is 16.8 Å². The highest BCUT2D eigenvalue weighted by Crippen LogP contribution is 2.65. The first-order chi connectivity index (χ1) is 11.1. The number of para-hydroxylation sites is 1. The maximum atomic E-state index is 12.8. The zero-order chi connectivity index (χ0) is 15.9. The molecule has 23 heavy (non-hydrogen) atoms. The molecule has 116 valence electrons. The summed E-state index contributed by atoms with van der Waals surface area (Å²) in [7, 11) is 0. The smallest absolute Gasteiger partial charge is 0.271 e. The molecule has 5 nitrogen and oxygen atoms in total. The maximum absolute atomic E-state index is 12.8. The zero-order valence-electron chi connectivity index (χ0n) is 12.3. The van der Waals surface area contributed by atoms with Gasteiger partial charge in [-0.15, -0.1) is 0 Å². The van der Waals surface area contributed by atoms with Gasteiger partial charge in [-0.2, -0.15) is 0 Å². The topological polar surface area (TPSA) is 74.7 Å². The van der Waals surface area contributed by atoms with E-state index in [0.29, 0.717) is 11.8 Å². The minimum atomic E-state index is -0.708. The molecular formula is C18H15NO4. The third-order valence-electron chi connectivity index (χ3n) is 6.00. The lowest BCUT2D eigenvalue weighted by molar-refractivity contribution is -0.136. The molecule has 3 amide bonds. The Morgan fingerprint density at radius 2 is 1.57 bits per heavy atom. The van der Waals surface area contributed by atoms with Crippen LogP contribution in [0, 0.1) is 35.5 Å². The number of aromatic hydroxyl groups is 1. The van der Waals surface area contributed by atoms with Crippen molar-refractivity contribution in [1.82, 2.24) is 4.90 Å². The first-order valence-corrected chi connectivity index (χ1v) is 7.98. The maximum Gasteiger partial charge on any atom is 0.271 e. The van der Waals surface area contributed by atoms with Crippen LogP contribution in [0.15, 0.2) is 36.4 Å². The summed E-state index contributed by atoms with van der Waals surface area (Å²) in [5.41, 5.74) is -0.00156. The van der Waals surface area contributed by atoms with Crippen LogP contribution < -0.4 is 0 Å². The number of phenolic OH excluding ortho intramolecular Hbond substituents is 1. The van der Waals surface area contributed by atoms with Gasteiger partial charge >= 0.3 is 0 Å². The highest BCUT2D eigenvalue weighted by molar-refractivity contribution is 6.22. The van der Waals surface area contributed by atoms with Gasteiger partial charge in [-0.25, -0.2) is 4.90 Å². The van der Waals surface area contributed by atoms with Crippen molar-refractivity contribution in [3.63, 3.8) is 0 Å². The van der Waals surface area contributed by atoms with E-state index in [2.05, 4.69) is 12.2 Å². The second-order valence-electron chi connectivity index (χ2n) is 6.99. The number of amides is 3. The van der Waals surface area contributed by atoms with Crippen LogP contribution in [0.3, 0.4) is 0 Å². The predicted octanol–water partition coefficient (Wildman–Crippen LogP) is 1.59. The number of allylic oxidation sites excluding steroid dienone is 2. The number of nitrogens with zero attached hydrogens (tertiary/aromatic N) is 1. The molecule has 2 bridgehead atoms. The first kappa shape index (κ1) is 13.0. The van der Waals surface area contributed by atoms with Gasteiger partial charge in [0.15, 0.2) is 0 Å². The number of hydrogen-bond acceptors (Lipinski definition) is 4. The quantitative estimate of drug-likeness (QED) is 0.631. The average molecular weight is 309 g/mol. The summed E-state index contributed by atoms with van der Waals surface area (Å²) in [4.78, 5) is 39.0. The fraction of sp³-hybridized carbons (Fsp3) is 0.389. The summed E-state index contributed by atoms with van der Waals surface area (Å²) in [6, 6.07) is 6.01. The molecular weight excluding hydrogens is 294 g/mol. The number of carbonyl (C=O) groups is 3. The molecule has 1 aliphatic heterocycles. The summed E-state index contributed by atoms with van der Waals surface area (Å²) < 4.78 is 0. The predicted molar refractivity (Wildman–Crippen MR) is 79.0 cm³/mol. The standard InChI is InChI=1S/C18H15NO4/c20-13-4-2-1-3-10(13)16(21)19-17(22)14-8-5-6-9(12-7-11(8)12)15(14)18(19)23/h1-6,8-9,11-12,14-15,20H,7H2/t8-,9-,11-,12-,14-,15+/m0/s1. The van der Waals surface area contributed by atoms with E-state index in [-0.39, 0.29) is 23.1 Å². The van der Waals surface area contributed by atoms with Crippen molar-refractivity contribution in [1.29, 1.82) is 0 Å². The minimum Gasteiger partial charge on any atom is -0.507 e. The number of benzene rings is 1. The van der Waals surface area contributed by atoms with Crippen molar-refractivity contribution in [2.75, 3.05) is 0 Å². The molecule has 0 unspecified atom stereocenters. The number of likely N-dealkylation sites (tertiary alicyclic amines) is 1. The van der Waals surface area contributed by atoms with E-state index in [9.17, 15) is 19.5 Å². The fourth-order valence-corrected chi connectivity index (χ4v) is 4.93. The molecule has 1 heterocycles. The highest BCUT2D eigenvalue weighted by Gasteiger charge is 2.67. The van der Waals surface area contributed by atoms with Crippen LogP contribution in [0.5, 0.6) is 5.75 Å². The molecule has 0 aromatic heterocycles. The number of imide groups is 3. The van der Waals surface area contributed by atoms with Crippen LogP contribution in [0.2, 0.25) is 0 Å². The molecule has 1 aromatic rings. The lowest BCUT2D eigenvalue weighted by atomic mass is 9.63. The molecule has 1 N–H and O–H groups in total. The summed E-state index contributed by atoms with van der Waals surface area (Å²) in [5, 5.41) is 9.86. The van der Waals surface area contributed by atoms with E-state index in [0.717, 1.165) is 11.3 Å². The van der Waals surface area contributed by atoms with Gasteiger partial charge in [-0.05, 0) is 42.2 Å². The number of rotatable bonds is 1. The number of carbonyl (C=O) groups excluding carboxylic acids is 3. The monoisotopic (exact) mass is 309 g/mol. The SMILES string of the molecule is O=C(c1ccccc1O)N1C(=O)[C@@H]2[C@H]3C=C[C@@H]([C@@H]4C[C@@H]34)[C@@H]2C1=O. The van der Waals surface area contributed by atoms with Gasteiger partial charge in [0.25, 0.3) is 5.91 Å². The van der Waals surface area contributed by atoms with Crippen molar-refractivity contribution in [3.8, 4) is 5.75 Å². The molecule has 4 aliphatic carbocycles. The molecule has 6 rings (SSSR count). The van der Waals surface area contributed by atoms with Crippen molar-refractivity contribution in [3.05, 3.63) is 42.0 Å². The third-order valence-corrected chi connectivity index (χ3v) is 6.00. The Morgan fingerprint density at radius 3 is 2.13 bits per heavy atom. The molecule has 5 aliphatic rings. The Kier molecular flexibility index (Phi) is 2.33. The molecule has 0 radical (unpaired) electrons. The number of phenols is 1. The third kappa shape index (κ3) is 1.49. The second-order valence-corrected chi connectivity index (χ2v) is 6.99. The van der Waals surface area contributed by atoms with Crippen molar-refractivity contribution < 1.29 is 19.5 Å². The summed E-state index contributed by atoms with van der Waals surface area (Å²) in [5.74, 6) is -1.30. The van der Waals surface area contributed by atoms with E-state index in [1.54, 1.807) is 12.1 Å². The summed E-state index contributed by atoms with van der Waals surface area (Å²) >= 11 is 0. The van der Waals surface area contributed by atoms with Crippen LogP contribution in [0.4, 0.5) is 0 Å². The fourth-order valence-electron chi connectivity index (χ4n) is 4.93. The molecule has 6 atom stereocenters. The Labute approximate surface area is 132 Å². The zero-order valence-corrected chi connectivity index (χ0v) is 12.3. The summed E-state index contributed by atoms with van der Waals surface area (Å²) in [6.07, 6.45) is 5.22. The van der Waals surface area contributed by atoms with Crippen molar-refractivity contribution in [2.45, 2.75) is 6.42 Å². The lowest BCUT2D eigenvalue weighted by Gasteiger charge is -2.37. The Hall–Kier alpha value is -2.43. The van der Waals surface area contributed by atoms with E-state index < -0.39 is 29.6 Å². The van der Waals surface area contributed by atoms with Crippen LogP contribution in [-0.2, 0) is 9.59 Å². The highest BCUT2D eigenvalue weighted by atomic mass is 16.3. The second kappa shape index (κ2) is 4.10. The van der Waals surface area contributed by atoms with Crippen LogP contribution in [-0.4, -0.2) is 27.7 Å². The van der Waals surface area contributed by atoms with Crippen molar-refractivity contribution >= 4 is 17.7 Å². The molecule has 5 heteroatoms. The molecule has 0 spiro atoms. The largest absolute Gasteiger partial charge is 0.507 e. The van der Waals surface area contributed by atoms with Gasteiger partial charge in [0.05, 0.1) is 17.4 Å². The van der Waals surface area contributed by atoms with E-state index in [1.807, 2.05) is 0 Å². The Bertz CT molecular complexity index is 762. The van der Waals surface area contributed by atoms with Gasteiger partial charge in [-0.1, -0.05) is 24.3 Å². The van der Waals surface area contributed by atoms with Crippen LogP contribution in [0.25, 0.3) is 0 Å². The Balaban J connectivity index is 1.55. The van der Waals surface area contributed by atoms with Gasteiger partial charge in [0.2, 0.25) is 11.8 Å². The van der Waals surface area contributed by atoms with Crippen LogP contribution >= 0.6 is 0 Å². The van der Waals surface area contributed by atoms with E-state index in [1.165, 1.54) is 12.1 Å². The molecule has 2 saturated carbocycles. The Morgan fingerprint density at radius 1 is 1.00 bits per heavy atom. The lowest BCUT2D eigenvalue weighted by Crippen LogP contribution is -2.40. The van der Waals surface area contributed by atoms with E-state index in [4.69, 9.17) is 0 Å². The first-order valence-electron chi connectivity index (χ1n) is 7.98. The summed E-state index contributed by atoms with van der Waals surface area (Å²) in [6.45, 7) is 0. The minimum absolute atomic E-state index is 0.00156. The van der Waals surface area contributed by atoms with Crippen molar-refractivity contribution in [2.24, 2.45) is 35.5 Å². The molecule has 3 fully saturated rings. The molecule has 1 saturated heterocycles. The average Bonchev–Trinajstić information content (AvgIpc) is 3.32.